The van der Waals surface area contributed by atoms with Crippen molar-refractivity contribution in [3.63, 3.8) is 0 Å². The molecule has 1 aromatic heterocycles. The van der Waals surface area contributed by atoms with Crippen molar-refractivity contribution >= 4 is 11.7 Å². The number of carboxylic acids is 1. The first kappa shape index (κ1) is 15.6. The summed E-state index contributed by atoms with van der Waals surface area (Å²) >= 11 is 0. The Hall–Kier alpha value is -2.34. The van der Waals surface area contributed by atoms with Crippen LogP contribution in [0.2, 0.25) is 0 Å². The van der Waals surface area contributed by atoms with Gasteiger partial charge >= 0.3 is 5.97 Å². The molecule has 6 heteroatoms. The fourth-order valence-corrected chi connectivity index (χ4v) is 2.86. The monoisotopic (exact) mass is 315 g/mol. The Bertz CT molecular complexity index is 673. The summed E-state index contributed by atoms with van der Waals surface area (Å²) in [4.78, 5) is 10.9. The van der Waals surface area contributed by atoms with E-state index in [4.69, 9.17) is 9.84 Å². The zero-order valence-electron chi connectivity index (χ0n) is 13.2. The minimum atomic E-state index is -0.905. The first-order valence-corrected chi connectivity index (χ1v) is 7.83. The number of rotatable bonds is 5. The van der Waals surface area contributed by atoms with Gasteiger partial charge in [0.05, 0.1) is 29.2 Å². The van der Waals surface area contributed by atoms with Gasteiger partial charge in [0, 0.05) is 19.8 Å². The summed E-state index contributed by atoms with van der Waals surface area (Å²) in [5.41, 5.74) is 3.48. The van der Waals surface area contributed by atoms with Crippen molar-refractivity contribution in [3.05, 3.63) is 47.3 Å². The molecule has 6 nitrogen and oxygen atoms in total. The van der Waals surface area contributed by atoms with Crippen LogP contribution in [0.3, 0.4) is 0 Å². The number of hydrogen-bond donors (Lipinski definition) is 2. The first-order chi connectivity index (χ1) is 11.1. The van der Waals surface area contributed by atoms with Crippen LogP contribution in [0.4, 0.5) is 5.69 Å². The van der Waals surface area contributed by atoms with Gasteiger partial charge in [0.1, 0.15) is 0 Å². The molecule has 2 heterocycles. The van der Waals surface area contributed by atoms with Crippen LogP contribution in [-0.2, 0) is 11.3 Å². The van der Waals surface area contributed by atoms with Crippen LogP contribution in [0.15, 0.2) is 30.5 Å². The van der Waals surface area contributed by atoms with E-state index in [0.717, 1.165) is 43.0 Å². The second-order valence-corrected chi connectivity index (χ2v) is 5.79. The largest absolute Gasteiger partial charge is 0.478 e. The zero-order chi connectivity index (χ0) is 16.2. The van der Waals surface area contributed by atoms with Gasteiger partial charge in [-0.2, -0.15) is 5.10 Å². The minimum Gasteiger partial charge on any atom is -0.478 e. The summed E-state index contributed by atoms with van der Waals surface area (Å²) in [6.07, 6.45) is 3.85. The molecule has 1 aliphatic heterocycles. The lowest BCUT2D eigenvalue weighted by Crippen LogP contribution is -2.21. The van der Waals surface area contributed by atoms with Crippen molar-refractivity contribution in [2.75, 3.05) is 18.5 Å². The lowest BCUT2D eigenvalue weighted by molar-refractivity contribution is 0.0657. The maximum absolute atomic E-state index is 10.9. The molecule has 0 amide bonds. The molecule has 0 aliphatic carbocycles. The van der Waals surface area contributed by atoms with Gasteiger partial charge in [-0.1, -0.05) is 12.1 Å². The van der Waals surface area contributed by atoms with E-state index in [1.807, 2.05) is 18.3 Å². The van der Waals surface area contributed by atoms with Crippen LogP contribution in [0.25, 0.3) is 0 Å². The highest BCUT2D eigenvalue weighted by molar-refractivity contribution is 5.87. The van der Waals surface area contributed by atoms with Crippen molar-refractivity contribution in [1.82, 2.24) is 9.78 Å². The lowest BCUT2D eigenvalue weighted by Gasteiger charge is -2.23. The van der Waals surface area contributed by atoms with Gasteiger partial charge in [0.2, 0.25) is 0 Å². The van der Waals surface area contributed by atoms with E-state index in [-0.39, 0.29) is 0 Å². The molecule has 1 aliphatic rings. The standard InChI is InChI=1S/C17H21N3O3/c1-12-16(11-19-20(12)15-6-8-23-9-7-15)18-10-13-2-4-14(5-3-13)17(21)22/h2-5,11,15,18H,6-10H2,1H3,(H,21,22). The second-order valence-electron chi connectivity index (χ2n) is 5.79. The van der Waals surface area contributed by atoms with E-state index in [0.29, 0.717) is 18.2 Å². The molecule has 0 saturated carbocycles. The average Bonchev–Trinajstić information content (AvgIpc) is 2.95. The van der Waals surface area contributed by atoms with Gasteiger partial charge in [-0.05, 0) is 37.5 Å². The SMILES string of the molecule is Cc1c(NCc2ccc(C(=O)O)cc2)cnn1C1CCOCC1. The number of hydrogen-bond acceptors (Lipinski definition) is 4. The molecule has 0 unspecified atom stereocenters. The van der Waals surface area contributed by atoms with Crippen molar-refractivity contribution < 1.29 is 14.6 Å². The number of carboxylic acid groups (broad SMARTS) is 1. The molecule has 2 aromatic rings. The van der Waals surface area contributed by atoms with Gasteiger partial charge in [0.15, 0.2) is 0 Å². The zero-order valence-corrected chi connectivity index (χ0v) is 13.2. The Morgan fingerprint density at radius 3 is 2.70 bits per heavy atom. The number of aromatic nitrogens is 2. The predicted octanol–water partition coefficient (Wildman–Crippen LogP) is 2.85. The van der Waals surface area contributed by atoms with E-state index < -0.39 is 5.97 Å². The van der Waals surface area contributed by atoms with Crippen molar-refractivity contribution in [3.8, 4) is 0 Å². The van der Waals surface area contributed by atoms with Crippen molar-refractivity contribution in [1.29, 1.82) is 0 Å². The Labute approximate surface area is 135 Å². The summed E-state index contributed by atoms with van der Waals surface area (Å²) in [5, 5.41) is 16.8. The van der Waals surface area contributed by atoms with Crippen LogP contribution in [0.1, 0.15) is 40.5 Å². The van der Waals surface area contributed by atoms with Gasteiger partial charge in [-0.25, -0.2) is 4.79 Å². The van der Waals surface area contributed by atoms with Gasteiger partial charge in [0.25, 0.3) is 0 Å². The summed E-state index contributed by atoms with van der Waals surface area (Å²) in [6.45, 7) is 4.30. The maximum Gasteiger partial charge on any atom is 0.335 e. The first-order valence-electron chi connectivity index (χ1n) is 7.83. The number of nitrogens with one attached hydrogen (secondary N) is 1. The highest BCUT2D eigenvalue weighted by Gasteiger charge is 2.19. The fourth-order valence-electron chi connectivity index (χ4n) is 2.86. The molecule has 2 N–H and O–H groups in total. The quantitative estimate of drug-likeness (QED) is 0.887. The fraction of sp³-hybridized carbons (Fsp3) is 0.412. The van der Waals surface area contributed by atoms with Crippen molar-refractivity contribution in [2.24, 2.45) is 0 Å². The second kappa shape index (κ2) is 6.83. The summed E-state index contributed by atoms with van der Waals surface area (Å²) in [6, 6.07) is 7.31. The third-order valence-corrected chi connectivity index (χ3v) is 4.27. The van der Waals surface area contributed by atoms with Crippen molar-refractivity contribution in [2.45, 2.75) is 32.4 Å². The Balaban J connectivity index is 1.64. The molecule has 0 spiro atoms. The molecule has 1 saturated heterocycles. The molecule has 3 rings (SSSR count). The van der Waals surface area contributed by atoms with E-state index in [2.05, 4.69) is 22.0 Å². The smallest absolute Gasteiger partial charge is 0.335 e. The molecule has 0 radical (unpaired) electrons. The summed E-state index contributed by atoms with van der Waals surface area (Å²) < 4.78 is 7.48. The maximum atomic E-state index is 10.9. The van der Waals surface area contributed by atoms with Gasteiger partial charge < -0.3 is 15.2 Å². The number of aromatic carboxylic acids is 1. The number of benzene rings is 1. The van der Waals surface area contributed by atoms with Gasteiger partial charge in [-0.3, -0.25) is 4.68 Å². The topological polar surface area (TPSA) is 76.4 Å². The average molecular weight is 315 g/mol. The molecule has 0 atom stereocenters. The summed E-state index contributed by atoms with van der Waals surface area (Å²) in [5.74, 6) is -0.905. The molecular weight excluding hydrogens is 294 g/mol. The normalized spacial score (nSPS) is 15.5. The Kier molecular flexibility index (Phi) is 4.62. The van der Waals surface area contributed by atoms with E-state index in [1.165, 1.54) is 0 Å². The lowest BCUT2D eigenvalue weighted by atomic mass is 10.1. The number of ether oxygens (including phenoxy) is 1. The van der Waals surface area contributed by atoms with Gasteiger partial charge in [-0.15, -0.1) is 0 Å². The number of carbonyl (C=O) groups is 1. The third kappa shape index (κ3) is 3.53. The summed E-state index contributed by atoms with van der Waals surface area (Å²) in [7, 11) is 0. The highest BCUT2D eigenvalue weighted by Crippen LogP contribution is 2.25. The van der Waals surface area contributed by atoms with Crippen LogP contribution in [0.5, 0.6) is 0 Å². The third-order valence-electron chi connectivity index (χ3n) is 4.27. The van der Waals surface area contributed by atoms with Crippen LogP contribution < -0.4 is 5.32 Å². The van der Waals surface area contributed by atoms with Crippen LogP contribution >= 0.6 is 0 Å². The molecule has 0 bridgehead atoms. The van der Waals surface area contributed by atoms with E-state index >= 15 is 0 Å². The van der Waals surface area contributed by atoms with E-state index in [9.17, 15) is 4.79 Å². The molecule has 23 heavy (non-hydrogen) atoms. The Morgan fingerprint density at radius 2 is 2.04 bits per heavy atom. The van der Waals surface area contributed by atoms with Crippen LogP contribution in [-0.4, -0.2) is 34.1 Å². The molecule has 122 valence electrons. The molecule has 1 aromatic carbocycles. The number of nitrogens with zero attached hydrogens (tertiary/aromatic N) is 2. The number of anilines is 1. The van der Waals surface area contributed by atoms with Crippen LogP contribution in [0, 0.1) is 6.92 Å². The Morgan fingerprint density at radius 1 is 1.35 bits per heavy atom. The van der Waals surface area contributed by atoms with E-state index in [1.54, 1.807) is 12.1 Å². The molecular formula is C17H21N3O3. The highest BCUT2D eigenvalue weighted by atomic mass is 16.5. The molecule has 1 fully saturated rings. The predicted molar refractivity (Wildman–Crippen MR) is 86.8 cm³/mol. The minimum absolute atomic E-state index is 0.303.